The molecule has 0 aromatic heterocycles. The molecule has 0 amide bonds. The maximum Gasteiger partial charge on any atom is 0.400 e. The first-order valence-electron chi connectivity index (χ1n) is 7.86. The monoisotopic (exact) mass is 377 g/mol. The van der Waals surface area contributed by atoms with Crippen LogP contribution < -0.4 is 4.72 Å². The first kappa shape index (κ1) is 19.3. The fourth-order valence-electron chi connectivity index (χ4n) is 2.51. The Morgan fingerprint density at radius 2 is 1.83 bits per heavy atom. The summed E-state index contributed by atoms with van der Waals surface area (Å²) >= 11 is 0. The Morgan fingerprint density at radius 3 is 2.46 bits per heavy atom. The first-order chi connectivity index (χ1) is 11.2. The van der Waals surface area contributed by atoms with Crippen LogP contribution in [0.2, 0.25) is 0 Å². The molecule has 2 rings (SSSR count). The Bertz CT molecular complexity index is 743. The van der Waals surface area contributed by atoms with Gasteiger partial charge in [0.05, 0.1) is 17.1 Å². The van der Waals surface area contributed by atoms with Crippen LogP contribution >= 0.6 is 0 Å². The summed E-state index contributed by atoms with van der Waals surface area (Å²) in [6.45, 7) is 3.87. The molecule has 1 aromatic carbocycles. The van der Waals surface area contributed by atoms with E-state index in [0.717, 1.165) is 5.56 Å². The zero-order valence-corrected chi connectivity index (χ0v) is 15.4. The molecule has 1 aromatic rings. The second-order valence-corrected chi connectivity index (χ2v) is 8.94. The van der Waals surface area contributed by atoms with Gasteiger partial charge in [-0.05, 0) is 45.2 Å². The molecule has 1 heterocycles. The molecule has 1 aliphatic rings. The topological polar surface area (TPSA) is 98.8 Å². The van der Waals surface area contributed by atoms with Crippen LogP contribution in [0.1, 0.15) is 38.2 Å². The Kier molecular flexibility index (Phi) is 6.38. The van der Waals surface area contributed by atoms with Crippen LogP contribution in [0.3, 0.4) is 0 Å². The van der Waals surface area contributed by atoms with Gasteiger partial charge in [0.2, 0.25) is 10.0 Å². The van der Waals surface area contributed by atoms with Crippen molar-refractivity contribution in [3.8, 4) is 0 Å². The van der Waals surface area contributed by atoms with E-state index in [4.69, 9.17) is 8.37 Å². The third-order valence-electron chi connectivity index (χ3n) is 3.71. The maximum atomic E-state index is 12.1. The van der Waals surface area contributed by atoms with Gasteiger partial charge in [0.1, 0.15) is 0 Å². The van der Waals surface area contributed by atoms with Crippen molar-refractivity contribution in [1.82, 2.24) is 4.72 Å². The molecule has 0 unspecified atom stereocenters. The summed E-state index contributed by atoms with van der Waals surface area (Å²) in [4.78, 5) is 0.237. The molecule has 2 atom stereocenters. The smallest absolute Gasteiger partial charge is 0.245 e. The average molecular weight is 377 g/mol. The van der Waals surface area contributed by atoms with Crippen molar-refractivity contribution in [2.45, 2.75) is 56.6 Å². The fourth-order valence-corrected chi connectivity index (χ4v) is 4.62. The molecule has 0 aliphatic carbocycles. The molecule has 1 saturated heterocycles. The van der Waals surface area contributed by atoms with Gasteiger partial charge in [-0.25, -0.2) is 21.5 Å². The normalized spacial score (nSPS) is 23.9. The molecule has 1 N–H and O–H groups in total. The van der Waals surface area contributed by atoms with E-state index in [-0.39, 0.29) is 4.90 Å². The van der Waals surface area contributed by atoms with Crippen LogP contribution in [0.15, 0.2) is 29.2 Å². The standard InChI is InChI=1S/C15H23NO6S2/c1-12-6-8-15(9-7-12)23(17,18)16-10-4-3-5-14-11-13(2)21-24(19,20)22-14/h6-9,13-14,16H,3-5,10-11H2,1-2H3/t13-,14+/m0/s1. The molecule has 7 nitrogen and oxygen atoms in total. The molecule has 0 radical (unpaired) electrons. The quantitative estimate of drug-likeness (QED) is 0.729. The number of hydrogen-bond acceptors (Lipinski definition) is 6. The largest absolute Gasteiger partial charge is 0.400 e. The van der Waals surface area contributed by atoms with Crippen molar-refractivity contribution in [2.75, 3.05) is 6.54 Å². The minimum atomic E-state index is -3.90. The molecule has 1 fully saturated rings. The van der Waals surface area contributed by atoms with E-state index in [1.165, 1.54) is 0 Å². The molecule has 136 valence electrons. The maximum absolute atomic E-state index is 12.1. The number of aryl methyl sites for hydroxylation is 1. The lowest BCUT2D eigenvalue weighted by molar-refractivity contribution is 0.0443. The SMILES string of the molecule is Cc1ccc(S(=O)(=O)NCCCC[C@@H]2C[C@H](C)OS(=O)(=O)O2)cc1. The lowest BCUT2D eigenvalue weighted by atomic mass is 10.1. The van der Waals surface area contributed by atoms with Gasteiger partial charge in [0.25, 0.3) is 0 Å². The van der Waals surface area contributed by atoms with E-state index >= 15 is 0 Å². The first-order valence-corrected chi connectivity index (χ1v) is 10.7. The number of hydrogen-bond donors (Lipinski definition) is 1. The van der Waals surface area contributed by atoms with Crippen molar-refractivity contribution < 1.29 is 25.2 Å². The van der Waals surface area contributed by atoms with Crippen molar-refractivity contribution in [2.24, 2.45) is 0 Å². The number of benzene rings is 1. The lowest BCUT2D eigenvalue weighted by Crippen LogP contribution is -2.33. The molecule has 9 heteroatoms. The predicted octanol–water partition coefficient (Wildman–Crippen LogP) is 1.88. The third-order valence-corrected chi connectivity index (χ3v) is 6.26. The second kappa shape index (κ2) is 7.92. The third kappa shape index (κ3) is 5.82. The van der Waals surface area contributed by atoms with Crippen LogP contribution in [0.4, 0.5) is 0 Å². The molecular formula is C15H23NO6S2. The highest BCUT2D eigenvalue weighted by Crippen LogP contribution is 2.23. The fraction of sp³-hybridized carbons (Fsp3) is 0.600. The Labute approximate surface area is 143 Å². The van der Waals surface area contributed by atoms with Crippen molar-refractivity contribution >= 4 is 20.4 Å². The Balaban J connectivity index is 1.74. The van der Waals surface area contributed by atoms with Gasteiger partial charge in [-0.2, -0.15) is 8.42 Å². The highest BCUT2D eigenvalue weighted by molar-refractivity contribution is 7.89. The molecular weight excluding hydrogens is 354 g/mol. The molecule has 0 bridgehead atoms. The summed E-state index contributed by atoms with van der Waals surface area (Å²) in [7, 11) is -7.41. The van der Waals surface area contributed by atoms with E-state index in [1.807, 2.05) is 6.92 Å². The van der Waals surface area contributed by atoms with Crippen molar-refractivity contribution in [1.29, 1.82) is 0 Å². The van der Waals surface area contributed by atoms with Gasteiger partial charge in [-0.1, -0.05) is 17.7 Å². The summed E-state index contributed by atoms with van der Waals surface area (Å²) in [6, 6.07) is 6.64. The summed E-state index contributed by atoms with van der Waals surface area (Å²) in [6.07, 6.45) is 1.50. The zero-order chi connectivity index (χ0) is 17.8. The number of unbranched alkanes of at least 4 members (excludes halogenated alkanes) is 1. The molecule has 1 aliphatic heterocycles. The molecule has 0 spiro atoms. The van der Waals surface area contributed by atoms with Crippen LogP contribution in [-0.4, -0.2) is 35.6 Å². The van der Waals surface area contributed by atoms with Crippen molar-refractivity contribution in [3.05, 3.63) is 29.8 Å². The predicted molar refractivity (Wildman–Crippen MR) is 89.2 cm³/mol. The van der Waals surface area contributed by atoms with Crippen LogP contribution in [0.5, 0.6) is 0 Å². The Hall–Kier alpha value is -1.00. The number of sulfonamides is 1. The summed E-state index contributed by atoms with van der Waals surface area (Å²) in [5, 5.41) is 0. The van der Waals surface area contributed by atoms with E-state index in [1.54, 1.807) is 31.2 Å². The van der Waals surface area contributed by atoms with E-state index in [2.05, 4.69) is 4.72 Å². The summed E-state index contributed by atoms with van der Waals surface area (Å²) in [5.41, 5.74) is 0.995. The second-order valence-electron chi connectivity index (χ2n) is 5.98. The van der Waals surface area contributed by atoms with Gasteiger partial charge in [-0.15, -0.1) is 0 Å². The average Bonchev–Trinajstić information content (AvgIpc) is 2.45. The minimum Gasteiger partial charge on any atom is -0.245 e. The summed E-state index contributed by atoms with van der Waals surface area (Å²) < 4.78 is 59.0. The van der Waals surface area contributed by atoms with Crippen LogP contribution in [-0.2, 0) is 28.8 Å². The van der Waals surface area contributed by atoms with Gasteiger partial charge < -0.3 is 0 Å². The molecule has 24 heavy (non-hydrogen) atoms. The van der Waals surface area contributed by atoms with Crippen LogP contribution in [0, 0.1) is 6.92 Å². The highest BCUT2D eigenvalue weighted by atomic mass is 32.3. The Morgan fingerprint density at radius 1 is 1.17 bits per heavy atom. The highest BCUT2D eigenvalue weighted by Gasteiger charge is 2.30. The number of nitrogens with one attached hydrogen (secondary N) is 1. The molecule has 0 saturated carbocycles. The van der Waals surface area contributed by atoms with Gasteiger partial charge >= 0.3 is 10.4 Å². The van der Waals surface area contributed by atoms with Crippen molar-refractivity contribution in [3.63, 3.8) is 0 Å². The van der Waals surface area contributed by atoms with E-state index in [9.17, 15) is 16.8 Å². The summed E-state index contributed by atoms with van der Waals surface area (Å²) in [5.74, 6) is 0. The van der Waals surface area contributed by atoms with Crippen LogP contribution in [0.25, 0.3) is 0 Å². The number of rotatable bonds is 7. The van der Waals surface area contributed by atoms with Gasteiger partial charge in [0, 0.05) is 13.0 Å². The van der Waals surface area contributed by atoms with Gasteiger partial charge in [0.15, 0.2) is 0 Å². The van der Waals surface area contributed by atoms with E-state index in [0.29, 0.717) is 32.2 Å². The van der Waals surface area contributed by atoms with Gasteiger partial charge in [-0.3, -0.25) is 0 Å². The zero-order valence-electron chi connectivity index (χ0n) is 13.8. The van der Waals surface area contributed by atoms with E-state index < -0.39 is 32.6 Å². The minimum absolute atomic E-state index is 0.237. The lowest BCUT2D eigenvalue weighted by Gasteiger charge is -2.26.